The van der Waals surface area contributed by atoms with Crippen LogP contribution in [-0.4, -0.2) is 35.6 Å². The van der Waals surface area contributed by atoms with Gasteiger partial charge in [-0.3, -0.25) is 0 Å². The second-order valence-electron chi connectivity index (χ2n) is 8.32. The van der Waals surface area contributed by atoms with E-state index in [2.05, 4.69) is 14.7 Å². The molecular weight excluding hydrogens is 412 g/mol. The summed E-state index contributed by atoms with van der Waals surface area (Å²) in [5.41, 5.74) is 11.3. The van der Waals surface area contributed by atoms with E-state index in [9.17, 15) is 13.5 Å². The average molecular weight is 441 g/mol. The van der Waals surface area contributed by atoms with E-state index < -0.39 is 10.0 Å². The Balaban J connectivity index is 1.67. The number of sulfonamides is 1. The number of H-pyrrole nitrogens is 1. The van der Waals surface area contributed by atoms with Crippen molar-refractivity contribution in [2.24, 2.45) is 0 Å². The van der Waals surface area contributed by atoms with Crippen LogP contribution in [0, 0.1) is 13.8 Å². The highest BCUT2D eigenvalue weighted by atomic mass is 32.2. The second-order valence-corrected chi connectivity index (χ2v) is 10.0. The molecule has 7 nitrogen and oxygen atoms in total. The monoisotopic (exact) mass is 440 g/mol. The molecule has 1 fully saturated rings. The first-order chi connectivity index (χ1) is 14.7. The molecule has 0 spiro atoms. The number of pyridine rings is 1. The largest absolute Gasteiger partial charge is 0.393 e. The maximum atomic E-state index is 13.0. The van der Waals surface area contributed by atoms with Crippen LogP contribution in [0.15, 0.2) is 47.5 Å². The molecule has 0 saturated heterocycles. The summed E-state index contributed by atoms with van der Waals surface area (Å²) in [5.74, 6) is 0.410. The summed E-state index contributed by atoms with van der Waals surface area (Å²) in [4.78, 5) is 7.83. The fraction of sp³-hybridized carbons (Fsp3) is 0.348. The minimum Gasteiger partial charge on any atom is -0.393 e. The van der Waals surface area contributed by atoms with Gasteiger partial charge in [-0.05, 0) is 81.0 Å². The summed E-state index contributed by atoms with van der Waals surface area (Å²) < 4.78 is 28.8. The maximum Gasteiger partial charge on any atom is 0.240 e. The molecule has 0 atom stereocenters. The lowest BCUT2D eigenvalue weighted by Gasteiger charge is -2.26. The van der Waals surface area contributed by atoms with Crippen molar-refractivity contribution in [3.63, 3.8) is 0 Å². The quantitative estimate of drug-likeness (QED) is 0.484. The molecule has 0 aliphatic heterocycles. The molecule has 2 aromatic heterocycles. The highest BCUT2D eigenvalue weighted by Crippen LogP contribution is 2.32. The van der Waals surface area contributed by atoms with E-state index in [-0.39, 0.29) is 17.0 Å². The Kier molecular flexibility index (Phi) is 5.88. The number of aromatic nitrogens is 2. The maximum absolute atomic E-state index is 13.0. The lowest BCUT2D eigenvalue weighted by Crippen LogP contribution is -2.38. The topological polar surface area (TPSA) is 121 Å². The van der Waals surface area contributed by atoms with E-state index in [0.29, 0.717) is 31.5 Å². The molecular formula is C23H28N4O3S. The summed E-state index contributed by atoms with van der Waals surface area (Å²) in [5, 5.41) is 9.67. The molecule has 4 rings (SSSR count). The molecule has 5 N–H and O–H groups in total. The van der Waals surface area contributed by atoms with Crippen molar-refractivity contribution in [1.29, 1.82) is 0 Å². The van der Waals surface area contributed by atoms with E-state index in [4.69, 9.17) is 5.73 Å². The first-order valence-electron chi connectivity index (χ1n) is 10.5. The molecule has 1 aliphatic rings. The predicted octanol–water partition coefficient (Wildman–Crippen LogP) is 3.52. The molecule has 3 aromatic rings. The van der Waals surface area contributed by atoms with E-state index in [1.807, 2.05) is 38.1 Å². The van der Waals surface area contributed by atoms with Crippen molar-refractivity contribution in [1.82, 2.24) is 14.7 Å². The lowest BCUT2D eigenvalue weighted by molar-refractivity contribution is 0.120. The fourth-order valence-corrected chi connectivity index (χ4v) is 5.39. The van der Waals surface area contributed by atoms with Crippen molar-refractivity contribution in [2.75, 3.05) is 5.73 Å². The Hall–Kier alpha value is -2.68. The van der Waals surface area contributed by atoms with Gasteiger partial charge in [0.2, 0.25) is 10.0 Å². The van der Waals surface area contributed by atoms with Gasteiger partial charge in [-0.2, -0.15) is 0 Å². The fourth-order valence-electron chi connectivity index (χ4n) is 4.06. The minimum absolute atomic E-state index is 0.154. The molecule has 1 aromatic carbocycles. The first-order valence-corrected chi connectivity index (χ1v) is 11.9. The van der Waals surface area contributed by atoms with Gasteiger partial charge in [-0.1, -0.05) is 6.07 Å². The number of aryl methyl sites for hydroxylation is 2. The Morgan fingerprint density at radius 2 is 1.81 bits per heavy atom. The van der Waals surface area contributed by atoms with Crippen LogP contribution >= 0.6 is 0 Å². The Morgan fingerprint density at radius 3 is 2.48 bits per heavy atom. The normalized spacial score (nSPS) is 19.5. The average Bonchev–Trinajstić information content (AvgIpc) is 3.16. The molecule has 31 heavy (non-hydrogen) atoms. The SMILES string of the molecule is Cc1ccc(-c2cc(-c3cc(S(=O)(=O)NC4CCC(O)CC4)ccc3C)cnc2N)[nH]1. The number of anilines is 1. The van der Waals surface area contributed by atoms with Gasteiger partial charge in [-0.25, -0.2) is 18.1 Å². The molecule has 1 aliphatic carbocycles. The zero-order chi connectivity index (χ0) is 22.2. The standard InChI is InChI=1S/C23H28N4O3S/c1-14-3-9-19(31(29,30)27-17-5-7-18(28)8-6-17)12-20(14)16-11-21(23(24)25-13-16)22-10-4-15(2)26-22/h3-4,9-13,17-18,26-28H,5-8H2,1-2H3,(H2,24,25). The molecule has 0 amide bonds. The number of aliphatic hydroxyl groups is 1. The van der Waals surface area contributed by atoms with Gasteiger partial charge < -0.3 is 15.8 Å². The van der Waals surface area contributed by atoms with Crippen LogP contribution in [0.25, 0.3) is 22.4 Å². The lowest BCUT2D eigenvalue weighted by atomic mass is 9.94. The van der Waals surface area contributed by atoms with Crippen molar-refractivity contribution in [3.05, 3.63) is 53.9 Å². The molecule has 164 valence electrons. The van der Waals surface area contributed by atoms with E-state index in [1.54, 1.807) is 18.3 Å². The number of benzene rings is 1. The first kappa shape index (κ1) is 21.5. The Labute approximate surface area is 182 Å². The predicted molar refractivity (Wildman–Crippen MR) is 122 cm³/mol. The Morgan fingerprint density at radius 1 is 1.06 bits per heavy atom. The van der Waals surface area contributed by atoms with Crippen LogP contribution in [0.4, 0.5) is 5.82 Å². The Bertz CT molecular complexity index is 1200. The number of aliphatic hydroxyl groups excluding tert-OH is 1. The van der Waals surface area contributed by atoms with Crippen LogP contribution in [0.1, 0.15) is 36.9 Å². The molecule has 8 heteroatoms. The van der Waals surface area contributed by atoms with Crippen LogP contribution in [0.3, 0.4) is 0 Å². The molecule has 0 radical (unpaired) electrons. The van der Waals surface area contributed by atoms with Gasteiger partial charge in [0.1, 0.15) is 5.82 Å². The van der Waals surface area contributed by atoms with Crippen molar-refractivity contribution >= 4 is 15.8 Å². The van der Waals surface area contributed by atoms with E-state index in [0.717, 1.165) is 33.6 Å². The van der Waals surface area contributed by atoms with Crippen LogP contribution in [-0.2, 0) is 10.0 Å². The zero-order valence-corrected chi connectivity index (χ0v) is 18.5. The third kappa shape index (κ3) is 4.66. The smallest absolute Gasteiger partial charge is 0.240 e. The van der Waals surface area contributed by atoms with Gasteiger partial charge in [-0.15, -0.1) is 0 Å². The summed E-state index contributed by atoms with van der Waals surface area (Å²) in [7, 11) is -3.67. The summed E-state index contributed by atoms with van der Waals surface area (Å²) >= 11 is 0. The van der Waals surface area contributed by atoms with Gasteiger partial charge in [0, 0.05) is 34.8 Å². The van der Waals surface area contributed by atoms with E-state index in [1.165, 1.54) is 0 Å². The number of hydrogen-bond acceptors (Lipinski definition) is 5. The number of nitrogens with one attached hydrogen (secondary N) is 2. The van der Waals surface area contributed by atoms with Crippen LogP contribution in [0.5, 0.6) is 0 Å². The molecule has 0 bridgehead atoms. The molecule has 0 unspecified atom stereocenters. The van der Waals surface area contributed by atoms with Gasteiger partial charge in [0.15, 0.2) is 0 Å². The van der Waals surface area contributed by atoms with E-state index >= 15 is 0 Å². The van der Waals surface area contributed by atoms with Crippen molar-refractivity contribution in [2.45, 2.75) is 56.6 Å². The van der Waals surface area contributed by atoms with Crippen LogP contribution in [0.2, 0.25) is 0 Å². The third-order valence-electron chi connectivity index (χ3n) is 5.89. The molecule has 1 saturated carbocycles. The number of aromatic amines is 1. The van der Waals surface area contributed by atoms with Crippen molar-refractivity contribution < 1.29 is 13.5 Å². The van der Waals surface area contributed by atoms with Gasteiger partial charge in [0.05, 0.1) is 11.0 Å². The second kappa shape index (κ2) is 8.45. The zero-order valence-electron chi connectivity index (χ0n) is 17.7. The summed E-state index contributed by atoms with van der Waals surface area (Å²) in [6.07, 6.45) is 3.85. The third-order valence-corrected chi connectivity index (χ3v) is 7.41. The summed E-state index contributed by atoms with van der Waals surface area (Å²) in [6.45, 7) is 3.91. The number of hydrogen-bond donors (Lipinski definition) is 4. The number of nitrogens with zero attached hydrogens (tertiary/aromatic N) is 1. The highest BCUT2D eigenvalue weighted by molar-refractivity contribution is 7.89. The van der Waals surface area contributed by atoms with Gasteiger partial charge >= 0.3 is 0 Å². The highest BCUT2D eigenvalue weighted by Gasteiger charge is 2.25. The van der Waals surface area contributed by atoms with Crippen LogP contribution < -0.4 is 10.5 Å². The number of rotatable bonds is 5. The summed E-state index contributed by atoms with van der Waals surface area (Å²) in [6, 6.07) is 10.8. The molecule has 2 heterocycles. The van der Waals surface area contributed by atoms with Crippen molar-refractivity contribution in [3.8, 4) is 22.4 Å². The minimum atomic E-state index is -3.67. The number of nitrogens with two attached hydrogens (primary N) is 1. The number of nitrogen functional groups attached to an aromatic ring is 1. The van der Waals surface area contributed by atoms with Gasteiger partial charge in [0.25, 0.3) is 0 Å².